The van der Waals surface area contributed by atoms with Gasteiger partial charge in [0.05, 0.1) is 6.54 Å². The maximum Gasteiger partial charge on any atom is 0.410 e. The first-order valence-corrected chi connectivity index (χ1v) is 7.23. The van der Waals surface area contributed by atoms with E-state index in [1.165, 1.54) is 17.7 Å². The predicted octanol–water partition coefficient (Wildman–Crippen LogP) is 2.43. The summed E-state index contributed by atoms with van der Waals surface area (Å²) in [6, 6.07) is -0.0128. The Morgan fingerprint density at radius 1 is 1.21 bits per heavy atom. The van der Waals surface area contributed by atoms with Crippen molar-refractivity contribution in [2.24, 2.45) is 0 Å². The molecule has 0 spiro atoms. The summed E-state index contributed by atoms with van der Waals surface area (Å²) in [6.07, 6.45) is 1.69. The number of likely N-dealkylation sites (tertiary alicyclic amines) is 2. The SMILES string of the molecule is CC(C)(C)OC(=O)N1CC[C@@H](N2CCCC2)[C@@H](F)C1. The number of hydrogen-bond donors (Lipinski definition) is 0. The summed E-state index contributed by atoms with van der Waals surface area (Å²) in [4.78, 5) is 15.6. The first kappa shape index (κ1) is 14.6. The lowest BCUT2D eigenvalue weighted by Crippen LogP contribution is -2.53. The Kier molecular flexibility index (Phi) is 4.33. The van der Waals surface area contributed by atoms with Crippen LogP contribution < -0.4 is 0 Å². The molecular weight excluding hydrogens is 247 g/mol. The molecule has 2 fully saturated rings. The standard InChI is InChI=1S/C14H25FN2O2/c1-14(2,3)19-13(18)17-9-6-12(11(15)10-17)16-7-4-5-8-16/h11-12H,4-10H2,1-3H3/t11-,12+/m0/s1. The summed E-state index contributed by atoms with van der Waals surface area (Å²) in [7, 11) is 0. The largest absolute Gasteiger partial charge is 0.444 e. The van der Waals surface area contributed by atoms with E-state index in [4.69, 9.17) is 4.74 Å². The fourth-order valence-corrected chi connectivity index (χ4v) is 2.87. The number of carbonyl (C=O) groups is 1. The lowest BCUT2D eigenvalue weighted by atomic mass is 10.0. The Morgan fingerprint density at radius 2 is 1.84 bits per heavy atom. The van der Waals surface area contributed by atoms with E-state index in [0.717, 1.165) is 13.1 Å². The third-order valence-electron chi connectivity index (χ3n) is 3.77. The highest BCUT2D eigenvalue weighted by atomic mass is 19.1. The lowest BCUT2D eigenvalue weighted by Gasteiger charge is -2.39. The Hall–Kier alpha value is -0.840. The monoisotopic (exact) mass is 272 g/mol. The molecule has 0 unspecified atom stereocenters. The van der Waals surface area contributed by atoms with Crippen LogP contribution in [0.15, 0.2) is 0 Å². The minimum atomic E-state index is -0.959. The van der Waals surface area contributed by atoms with Crippen LogP contribution in [0.4, 0.5) is 9.18 Å². The van der Waals surface area contributed by atoms with Crippen molar-refractivity contribution in [1.29, 1.82) is 0 Å². The van der Waals surface area contributed by atoms with Crippen molar-refractivity contribution in [2.75, 3.05) is 26.2 Å². The average molecular weight is 272 g/mol. The first-order valence-electron chi connectivity index (χ1n) is 7.23. The lowest BCUT2D eigenvalue weighted by molar-refractivity contribution is -0.00203. The minimum Gasteiger partial charge on any atom is -0.444 e. The molecule has 4 nitrogen and oxygen atoms in total. The molecule has 2 atom stereocenters. The normalized spacial score (nSPS) is 29.6. The second kappa shape index (κ2) is 5.65. The summed E-state index contributed by atoms with van der Waals surface area (Å²) in [5.74, 6) is 0. The van der Waals surface area contributed by atoms with Crippen LogP contribution >= 0.6 is 0 Å². The Balaban J connectivity index is 1.87. The molecule has 0 aromatic heterocycles. The van der Waals surface area contributed by atoms with Gasteiger partial charge >= 0.3 is 6.09 Å². The Morgan fingerprint density at radius 3 is 2.37 bits per heavy atom. The van der Waals surface area contributed by atoms with Crippen molar-refractivity contribution < 1.29 is 13.9 Å². The van der Waals surface area contributed by atoms with Gasteiger partial charge in [-0.1, -0.05) is 0 Å². The maximum absolute atomic E-state index is 14.3. The van der Waals surface area contributed by atoms with Crippen LogP contribution in [0.3, 0.4) is 0 Å². The highest BCUT2D eigenvalue weighted by molar-refractivity contribution is 5.68. The van der Waals surface area contributed by atoms with Gasteiger partial charge in [0.15, 0.2) is 0 Å². The molecule has 0 aromatic carbocycles. The van der Waals surface area contributed by atoms with Crippen molar-refractivity contribution in [3.05, 3.63) is 0 Å². The number of halogens is 1. The van der Waals surface area contributed by atoms with Gasteiger partial charge in [-0.05, 0) is 53.1 Å². The molecule has 2 aliphatic rings. The van der Waals surface area contributed by atoms with E-state index in [2.05, 4.69) is 4.90 Å². The van der Waals surface area contributed by atoms with E-state index < -0.39 is 17.9 Å². The van der Waals surface area contributed by atoms with Gasteiger partial charge < -0.3 is 9.64 Å². The molecule has 0 aromatic rings. The Bertz CT molecular complexity index is 324. The first-order chi connectivity index (χ1) is 8.87. The van der Waals surface area contributed by atoms with E-state index in [-0.39, 0.29) is 12.6 Å². The highest BCUT2D eigenvalue weighted by Gasteiger charge is 2.37. The van der Waals surface area contributed by atoms with Crippen LogP contribution in [0.25, 0.3) is 0 Å². The zero-order valence-electron chi connectivity index (χ0n) is 12.2. The third kappa shape index (κ3) is 3.81. The molecule has 0 saturated carbocycles. The average Bonchev–Trinajstić information content (AvgIpc) is 2.79. The summed E-state index contributed by atoms with van der Waals surface area (Å²) in [5, 5.41) is 0. The van der Waals surface area contributed by atoms with Crippen LogP contribution in [0.5, 0.6) is 0 Å². The molecule has 2 saturated heterocycles. The fraction of sp³-hybridized carbons (Fsp3) is 0.929. The number of hydrogen-bond acceptors (Lipinski definition) is 3. The molecule has 110 valence electrons. The van der Waals surface area contributed by atoms with Crippen LogP contribution in [0, 0.1) is 0 Å². The van der Waals surface area contributed by atoms with E-state index in [1.807, 2.05) is 20.8 Å². The summed E-state index contributed by atoms with van der Waals surface area (Å²) in [5.41, 5.74) is -0.519. The molecule has 19 heavy (non-hydrogen) atoms. The van der Waals surface area contributed by atoms with Gasteiger partial charge in [0.25, 0.3) is 0 Å². The van der Waals surface area contributed by atoms with E-state index in [0.29, 0.717) is 13.0 Å². The van der Waals surface area contributed by atoms with Crippen molar-refractivity contribution in [3.8, 4) is 0 Å². The number of carbonyl (C=O) groups excluding carboxylic acids is 1. The number of ether oxygens (including phenoxy) is 1. The van der Waals surface area contributed by atoms with Crippen LogP contribution in [-0.4, -0.2) is 59.9 Å². The second-order valence-electron chi connectivity index (χ2n) is 6.54. The number of alkyl halides is 1. The molecular formula is C14H25FN2O2. The topological polar surface area (TPSA) is 32.8 Å². The number of rotatable bonds is 1. The number of nitrogens with zero attached hydrogens (tertiary/aromatic N) is 2. The molecule has 2 aliphatic heterocycles. The molecule has 0 N–H and O–H groups in total. The van der Waals surface area contributed by atoms with Gasteiger partial charge in [0, 0.05) is 12.6 Å². The van der Waals surface area contributed by atoms with Crippen LogP contribution in [-0.2, 0) is 4.74 Å². The van der Waals surface area contributed by atoms with Gasteiger partial charge in [-0.25, -0.2) is 9.18 Å². The summed E-state index contributed by atoms with van der Waals surface area (Å²) in [6.45, 7) is 8.24. The zero-order valence-corrected chi connectivity index (χ0v) is 12.2. The fourth-order valence-electron chi connectivity index (χ4n) is 2.87. The minimum absolute atomic E-state index is 0.0128. The van der Waals surface area contributed by atoms with Gasteiger partial charge in [-0.15, -0.1) is 0 Å². The Labute approximate surface area is 114 Å². The third-order valence-corrected chi connectivity index (χ3v) is 3.77. The number of piperidine rings is 1. The van der Waals surface area contributed by atoms with Crippen molar-refractivity contribution in [3.63, 3.8) is 0 Å². The zero-order chi connectivity index (χ0) is 14.0. The van der Waals surface area contributed by atoms with Crippen LogP contribution in [0.2, 0.25) is 0 Å². The summed E-state index contributed by atoms with van der Waals surface area (Å²) >= 11 is 0. The molecule has 1 amide bonds. The van der Waals surface area contributed by atoms with Crippen molar-refractivity contribution in [2.45, 2.75) is 57.8 Å². The van der Waals surface area contributed by atoms with Gasteiger partial charge in [0.1, 0.15) is 11.8 Å². The molecule has 0 aliphatic carbocycles. The summed E-state index contributed by atoms with van der Waals surface area (Å²) < 4.78 is 19.5. The molecule has 0 radical (unpaired) electrons. The molecule has 2 rings (SSSR count). The van der Waals surface area contributed by atoms with E-state index >= 15 is 0 Å². The van der Waals surface area contributed by atoms with Gasteiger partial charge in [-0.3, -0.25) is 4.90 Å². The van der Waals surface area contributed by atoms with Crippen molar-refractivity contribution in [1.82, 2.24) is 9.80 Å². The number of amides is 1. The molecule has 5 heteroatoms. The predicted molar refractivity (Wildman–Crippen MR) is 71.9 cm³/mol. The van der Waals surface area contributed by atoms with E-state index in [9.17, 15) is 9.18 Å². The second-order valence-corrected chi connectivity index (χ2v) is 6.54. The molecule has 0 bridgehead atoms. The highest BCUT2D eigenvalue weighted by Crippen LogP contribution is 2.24. The van der Waals surface area contributed by atoms with Crippen molar-refractivity contribution >= 4 is 6.09 Å². The van der Waals surface area contributed by atoms with Gasteiger partial charge in [0.2, 0.25) is 0 Å². The van der Waals surface area contributed by atoms with E-state index in [1.54, 1.807) is 0 Å². The maximum atomic E-state index is 14.3. The smallest absolute Gasteiger partial charge is 0.410 e. The van der Waals surface area contributed by atoms with Crippen LogP contribution in [0.1, 0.15) is 40.0 Å². The molecule has 2 heterocycles. The van der Waals surface area contributed by atoms with Gasteiger partial charge in [-0.2, -0.15) is 0 Å². The quantitative estimate of drug-likeness (QED) is 0.735.